The lowest BCUT2D eigenvalue weighted by atomic mass is 10.4. The summed E-state index contributed by atoms with van der Waals surface area (Å²) in [6.45, 7) is 1.48. The Bertz CT molecular complexity index is 294. The second-order valence-electron chi connectivity index (χ2n) is 3.08. The molecule has 0 spiro atoms. The molecule has 1 heterocycles. The van der Waals surface area contributed by atoms with E-state index < -0.39 is 0 Å². The number of aromatic hydroxyl groups is 1. The van der Waals surface area contributed by atoms with Crippen LogP contribution in [-0.2, 0) is 6.54 Å². The van der Waals surface area contributed by atoms with Gasteiger partial charge >= 0.3 is 0 Å². The fourth-order valence-corrected chi connectivity index (χ4v) is 0.927. The predicted molar refractivity (Wildman–Crippen MR) is 47.8 cm³/mol. The van der Waals surface area contributed by atoms with E-state index in [9.17, 15) is 4.79 Å². The Balaban J connectivity index is 2.63. The number of carbonyl (C=O) groups excluding carboxylic acids is 1. The van der Waals surface area contributed by atoms with E-state index in [1.807, 2.05) is 19.0 Å². The van der Waals surface area contributed by atoms with E-state index in [4.69, 9.17) is 5.11 Å². The minimum absolute atomic E-state index is 0.0613. The molecule has 1 aromatic rings. The van der Waals surface area contributed by atoms with Gasteiger partial charge in [0.05, 0.1) is 12.7 Å². The molecule has 0 fully saturated rings. The van der Waals surface area contributed by atoms with E-state index in [2.05, 4.69) is 5.10 Å². The minimum atomic E-state index is -0.0613. The summed E-state index contributed by atoms with van der Waals surface area (Å²) >= 11 is 0. The SMILES string of the molecule is CN(C)CCn1cc(O)c(C=O)n1. The summed E-state index contributed by atoms with van der Waals surface area (Å²) in [6, 6.07) is 0. The van der Waals surface area contributed by atoms with Crippen molar-refractivity contribution in [1.82, 2.24) is 14.7 Å². The zero-order valence-corrected chi connectivity index (χ0v) is 7.77. The van der Waals surface area contributed by atoms with E-state index >= 15 is 0 Å². The number of aromatic nitrogens is 2. The van der Waals surface area contributed by atoms with Gasteiger partial charge in [-0.05, 0) is 14.1 Å². The van der Waals surface area contributed by atoms with Crippen LogP contribution in [0.3, 0.4) is 0 Å². The molecule has 1 rings (SSSR count). The van der Waals surface area contributed by atoms with Gasteiger partial charge in [-0.3, -0.25) is 9.48 Å². The van der Waals surface area contributed by atoms with E-state index in [1.54, 1.807) is 4.68 Å². The Morgan fingerprint density at radius 2 is 2.38 bits per heavy atom. The third-order valence-electron chi connectivity index (χ3n) is 1.66. The Hall–Kier alpha value is -1.36. The molecule has 0 unspecified atom stereocenters. The molecule has 0 aromatic carbocycles. The molecule has 5 nitrogen and oxygen atoms in total. The Morgan fingerprint density at radius 1 is 1.69 bits per heavy atom. The van der Waals surface area contributed by atoms with Crippen molar-refractivity contribution in [2.75, 3.05) is 20.6 Å². The number of hydrogen-bond donors (Lipinski definition) is 1. The molecule has 13 heavy (non-hydrogen) atoms. The van der Waals surface area contributed by atoms with Crippen molar-refractivity contribution in [3.63, 3.8) is 0 Å². The quantitative estimate of drug-likeness (QED) is 0.665. The maximum Gasteiger partial charge on any atom is 0.174 e. The molecule has 0 saturated heterocycles. The zero-order valence-electron chi connectivity index (χ0n) is 7.77. The monoisotopic (exact) mass is 183 g/mol. The summed E-state index contributed by atoms with van der Waals surface area (Å²) in [7, 11) is 3.90. The van der Waals surface area contributed by atoms with Crippen molar-refractivity contribution in [3.8, 4) is 5.75 Å². The first kappa shape index (κ1) is 9.73. The van der Waals surface area contributed by atoms with Crippen molar-refractivity contribution in [1.29, 1.82) is 0 Å². The molecule has 0 radical (unpaired) electrons. The first-order valence-corrected chi connectivity index (χ1v) is 4.00. The average Bonchev–Trinajstić information content (AvgIpc) is 2.43. The van der Waals surface area contributed by atoms with Crippen LogP contribution in [0, 0.1) is 0 Å². The van der Waals surface area contributed by atoms with E-state index in [0.717, 1.165) is 6.54 Å². The van der Waals surface area contributed by atoms with Gasteiger partial charge in [-0.25, -0.2) is 0 Å². The smallest absolute Gasteiger partial charge is 0.174 e. The lowest BCUT2D eigenvalue weighted by Gasteiger charge is -2.08. The van der Waals surface area contributed by atoms with Gasteiger partial charge in [-0.15, -0.1) is 0 Å². The van der Waals surface area contributed by atoms with Crippen LogP contribution in [0.1, 0.15) is 10.5 Å². The Kier molecular flexibility index (Phi) is 3.02. The fourth-order valence-electron chi connectivity index (χ4n) is 0.927. The topological polar surface area (TPSA) is 58.4 Å². The third-order valence-corrected chi connectivity index (χ3v) is 1.66. The van der Waals surface area contributed by atoms with Crippen molar-refractivity contribution >= 4 is 6.29 Å². The van der Waals surface area contributed by atoms with Gasteiger partial charge in [0.25, 0.3) is 0 Å². The average molecular weight is 183 g/mol. The predicted octanol–water partition coefficient (Wildman–Crippen LogP) is -0.0372. The zero-order chi connectivity index (χ0) is 9.84. The molecule has 5 heteroatoms. The molecule has 0 aliphatic rings. The Labute approximate surface area is 76.6 Å². The summed E-state index contributed by atoms with van der Waals surface area (Å²) in [4.78, 5) is 12.3. The third kappa shape index (κ3) is 2.55. The van der Waals surface area contributed by atoms with Crippen molar-refractivity contribution in [3.05, 3.63) is 11.9 Å². The molecular weight excluding hydrogens is 170 g/mol. The van der Waals surface area contributed by atoms with Crippen LogP contribution in [0.4, 0.5) is 0 Å². The number of likely N-dealkylation sites (N-methyl/N-ethyl adjacent to an activating group) is 1. The molecular formula is C8H13N3O2. The van der Waals surface area contributed by atoms with Crippen molar-refractivity contribution in [2.45, 2.75) is 6.54 Å². The summed E-state index contributed by atoms with van der Waals surface area (Å²) in [5, 5.41) is 13.0. The van der Waals surface area contributed by atoms with Crippen molar-refractivity contribution in [2.24, 2.45) is 0 Å². The van der Waals surface area contributed by atoms with Gasteiger partial charge in [-0.2, -0.15) is 5.10 Å². The highest BCUT2D eigenvalue weighted by Crippen LogP contribution is 2.11. The fraction of sp³-hybridized carbons (Fsp3) is 0.500. The molecule has 1 aromatic heterocycles. The van der Waals surface area contributed by atoms with Crippen LogP contribution < -0.4 is 0 Å². The highest BCUT2D eigenvalue weighted by molar-refractivity contribution is 5.75. The van der Waals surface area contributed by atoms with Gasteiger partial charge in [0.15, 0.2) is 17.7 Å². The van der Waals surface area contributed by atoms with Crippen LogP contribution in [0.25, 0.3) is 0 Å². The lowest BCUT2D eigenvalue weighted by molar-refractivity contribution is 0.111. The van der Waals surface area contributed by atoms with Crippen LogP contribution >= 0.6 is 0 Å². The van der Waals surface area contributed by atoms with Gasteiger partial charge in [0.1, 0.15) is 0 Å². The van der Waals surface area contributed by atoms with Crippen LogP contribution in [0.2, 0.25) is 0 Å². The van der Waals surface area contributed by atoms with E-state index in [-0.39, 0.29) is 11.4 Å². The van der Waals surface area contributed by atoms with Gasteiger partial charge in [0.2, 0.25) is 0 Å². The molecule has 0 aliphatic heterocycles. The molecule has 72 valence electrons. The van der Waals surface area contributed by atoms with Crippen LogP contribution in [0.15, 0.2) is 6.20 Å². The molecule has 0 aliphatic carbocycles. The summed E-state index contributed by atoms with van der Waals surface area (Å²) in [5.74, 6) is -0.0613. The second kappa shape index (κ2) is 4.04. The lowest BCUT2D eigenvalue weighted by Crippen LogP contribution is -2.18. The van der Waals surface area contributed by atoms with Crippen LogP contribution in [-0.4, -0.2) is 46.7 Å². The highest BCUT2D eigenvalue weighted by Gasteiger charge is 2.05. The normalized spacial score (nSPS) is 10.7. The van der Waals surface area contributed by atoms with E-state index in [1.165, 1.54) is 6.20 Å². The minimum Gasteiger partial charge on any atom is -0.504 e. The first-order chi connectivity index (χ1) is 6.13. The number of aldehydes is 1. The van der Waals surface area contributed by atoms with Crippen LogP contribution in [0.5, 0.6) is 5.75 Å². The molecule has 0 bridgehead atoms. The molecule has 0 atom stereocenters. The summed E-state index contributed by atoms with van der Waals surface area (Å²) in [5.41, 5.74) is 0.0961. The summed E-state index contributed by atoms with van der Waals surface area (Å²) in [6.07, 6.45) is 1.99. The molecule has 0 saturated carbocycles. The molecule has 0 amide bonds. The number of hydrogen-bond acceptors (Lipinski definition) is 4. The number of nitrogens with zero attached hydrogens (tertiary/aromatic N) is 3. The van der Waals surface area contributed by atoms with E-state index in [0.29, 0.717) is 12.8 Å². The highest BCUT2D eigenvalue weighted by atomic mass is 16.3. The summed E-state index contributed by atoms with van der Waals surface area (Å²) < 4.78 is 1.55. The Morgan fingerprint density at radius 3 is 2.85 bits per heavy atom. The number of carbonyl (C=O) groups is 1. The van der Waals surface area contributed by atoms with Gasteiger partial charge in [0, 0.05) is 6.54 Å². The maximum absolute atomic E-state index is 10.3. The standard InChI is InChI=1S/C8H13N3O2/c1-10(2)3-4-11-5-8(13)7(6-12)9-11/h5-6,13H,3-4H2,1-2H3. The first-order valence-electron chi connectivity index (χ1n) is 4.00. The number of rotatable bonds is 4. The van der Waals surface area contributed by atoms with Gasteiger partial charge in [-0.1, -0.05) is 0 Å². The maximum atomic E-state index is 10.3. The second-order valence-corrected chi connectivity index (χ2v) is 3.08. The molecule has 1 N–H and O–H groups in total. The van der Waals surface area contributed by atoms with Crippen molar-refractivity contribution < 1.29 is 9.90 Å². The largest absolute Gasteiger partial charge is 0.504 e. The van der Waals surface area contributed by atoms with Gasteiger partial charge < -0.3 is 10.0 Å².